The van der Waals surface area contributed by atoms with E-state index >= 15 is 0 Å². The van der Waals surface area contributed by atoms with Crippen LogP contribution in [0.15, 0.2) is 24.3 Å². The molecular formula is C15H18N2OS. The average Bonchev–Trinajstić information content (AvgIpc) is 2.68. The summed E-state index contributed by atoms with van der Waals surface area (Å²) in [6.07, 6.45) is 3.16. The normalized spacial score (nSPS) is 17.4. The fourth-order valence-corrected chi connectivity index (χ4v) is 3.63. The van der Waals surface area contributed by atoms with E-state index in [0.717, 1.165) is 34.6 Å². The van der Waals surface area contributed by atoms with Gasteiger partial charge in [0, 0.05) is 0 Å². The number of anilines is 1. The van der Waals surface area contributed by atoms with Crippen molar-refractivity contribution in [2.45, 2.75) is 33.1 Å². The summed E-state index contributed by atoms with van der Waals surface area (Å²) >= 11 is 1.54. The zero-order valence-electron chi connectivity index (χ0n) is 11.3. The van der Waals surface area contributed by atoms with Crippen LogP contribution in [-0.4, -0.2) is 10.9 Å². The largest absolute Gasteiger partial charge is 0.301 e. The van der Waals surface area contributed by atoms with Gasteiger partial charge in [-0.3, -0.25) is 4.79 Å². The summed E-state index contributed by atoms with van der Waals surface area (Å²) in [7, 11) is 0. The monoisotopic (exact) mass is 274 g/mol. The number of carbonyl (C=O) groups excluding carboxylic acids is 1. The molecule has 3 rings (SSSR count). The number of aromatic nitrogens is 1. The molecule has 2 aromatic rings. The van der Waals surface area contributed by atoms with Crippen LogP contribution in [0.4, 0.5) is 5.13 Å². The second-order valence-electron chi connectivity index (χ2n) is 5.61. The number of carbonyl (C=O) groups is 1. The van der Waals surface area contributed by atoms with Gasteiger partial charge < -0.3 is 5.32 Å². The zero-order chi connectivity index (χ0) is 13.5. The Kier molecular flexibility index (Phi) is 3.05. The first kappa shape index (κ1) is 12.6. The fourth-order valence-electron chi connectivity index (χ4n) is 2.77. The number of nitrogens with one attached hydrogen (secondary N) is 1. The molecule has 0 unspecified atom stereocenters. The van der Waals surface area contributed by atoms with Crippen LogP contribution in [0, 0.1) is 11.3 Å². The van der Waals surface area contributed by atoms with E-state index in [-0.39, 0.29) is 11.3 Å². The molecule has 1 aliphatic carbocycles. The molecule has 0 spiro atoms. The van der Waals surface area contributed by atoms with Crippen LogP contribution < -0.4 is 5.32 Å². The van der Waals surface area contributed by atoms with Gasteiger partial charge in [-0.1, -0.05) is 43.7 Å². The lowest BCUT2D eigenvalue weighted by molar-refractivity contribution is -0.133. The summed E-state index contributed by atoms with van der Waals surface area (Å²) in [5, 5.41) is 3.74. The molecule has 1 aliphatic rings. The molecule has 0 radical (unpaired) electrons. The Labute approximate surface area is 117 Å². The smallest absolute Gasteiger partial charge is 0.232 e. The van der Waals surface area contributed by atoms with Gasteiger partial charge in [0.05, 0.1) is 15.6 Å². The van der Waals surface area contributed by atoms with Crippen molar-refractivity contribution < 1.29 is 4.79 Å². The predicted octanol–water partition coefficient (Wildman–Crippen LogP) is 4.06. The predicted molar refractivity (Wildman–Crippen MR) is 79.4 cm³/mol. The Morgan fingerprint density at radius 3 is 2.68 bits per heavy atom. The van der Waals surface area contributed by atoms with Crippen molar-refractivity contribution >= 4 is 32.6 Å². The lowest BCUT2D eigenvalue weighted by Gasteiger charge is -2.43. The van der Waals surface area contributed by atoms with Crippen molar-refractivity contribution in [3.05, 3.63) is 24.3 Å². The molecule has 0 atom stereocenters. The summed E-state index contributed by atoms with van der Waals surface area (Å²) in [6, 6.07) is 7.97. The van der Waals surface area contributed by atoms with Crippen LogP contribution in [0.25, 0.3) is 10.2 Å². The molecule has 3 nitrogen and oxygen atoms in total. The molecule has 4 heteroatoms. The van der Waals surface area contributed by atoms with Gasteiger partial charge in [0.1, 0.15) is 0 Å². The fraction of sp³-hybridized carbons (Fsp3) is 0.467. The minimum Gasteiger partial charge on any atom is -0.301 e. The van der Waals surface area contributed by atoms with Gasteiger partial charge in [0.15, 0.2) is 5.13 Å². The number of amides is 1. The number of benzene rings is 1. The van der Waals surface area contributed by atoms with Gasteiger partial charge in [-0.15, -0.1) is 0 Å². The highest BCUT2D eigenvalue weighted by molar-refractivity contribution is 7.22. The molecular weight excluding hydrogens is 256 g/mol. The van der Waals surface area contributed by atoms with Crippen LogP contribution in [0.5, 0.6) is 0 Å². The van der Waals surface area contributed by atoms with Crippen molar-refractivity contribution in [2.24, 2.45) is 11.3 Å². The number of nitrogens with zero attached hydrogens (tertiary/aromatic N) is 1. The van der Waals surface area contributed by atoms with E-state index in [9.17, 15) is 4.79 Å². The quantitative estimate of drug-likeness (QED) is 0.917. The van der Waals surface area contributed by atoms with Gasteiger partial charge in [-0.05, 0) is 30.9 Å². The number of hydrogen-bond acceptors (Lipinski definition) is 3. The second-order valence-corrected chi connectivity index (χ2v) is 6.64. The first-order valence-corrected chi connectivity index (χ1v) is 7.60. The summed E-state index contributed by atoms with van der Waals surface area (Å²) < 4.78 is 1.12. The third-order valence-corrected chi connectivity index (χ3v) is 5.27. The number of hydrogen-bond donors (Lipinski definition) is 1. The highest BCUT2D eigenvalue weighted by Gasteiger charge is 2.46. The lowest BCUT2D eigenvalue weighted by atomic mass is 9.61. The van der Waals surface area contributed by atoms with Crippen LogP contribution >= 0.6 is 11.3 Å². The first-order chi connectivity index (χ1) is 9.12. The molecule has 1 fully saturated rings. The minimum atomic E-state index is -0.169. The van der Waals surface area contributed by atoms with E-state index in [1.54, 1.807) is 11.3 Å². The number of para-hydroxylation sites is 1. The molecule has 1 N–H and O–H groups in total. The number of thiazole rings is 1. The Bertz CT molecular complexity index is 580. The number of fused-ring (bicyclic) bond motifs is 1. The second kappa shape index (κ2) is 4.60. The van der Waals surface area contributed by atoms with Gasteiger partial charge in [-0.25, -0.2) is 4.98 Å². The highest BCUT2D eigenvalue weighted by Crippen LogP contribution is 2.48. The van der Waals surface area contributed by atoms with Gasteiger partial charge in [-0.2, -0.15) is 0 Å². The van der Waals surface area contributed by atoms with Crippen molar-refractivity contribution in [2.75, 3.05) is 5.32 Å². The maximum absolute atomic E-state index is 12.5. The SMILES string of the molecule is CC(C)C1(C(=O)Nc2nc3ccccc3s2)CCC1. The van der Waals surface area contributed by atoms with E-state index in [2.05, 4.69) is 24.1 Å². The molecule has 1 aromatic carbocycles. The lowest BCUT2D eigenvalue weighted by Crippen LogP contribution is -2.45. The van der Waals surface area contributed by atoms with Crippen molar-refractivity contribution in [3.8, 4) is 0 Å². The highest BCUT2D eigenvalue weighted by atomic mass is 32.1. The molecule has 0 bridgehead atoms. The van der Waals surface area contributed by atoms with Gasteiger partial charge >= 0.3 is 0 Å². The summed E-state index contributed by atoms with van der Waals surface area (Å²) in [4.78, 5) is 17.0. The Morgan fingerprint density at radius 1 is 1.37 bits per heavy atom. The third-order valence-electron chi connectivity index (χ3n) is 4.32. The van der Waals surface area contributed by atoms with E-state index in [1.165, 1.54) is 0 Å². The molecule has 1 aromatic heterocycles. The summed E-state index contributed by atoms with van der Waals surface area (Å²) in [6.45, 7) is 4.27. The van der Waals surface area contributed by atoms with Crippen LogP contribution in [0.2, 0.25) is 0 Å². The molecule has 100 valence electrons. The first-order valence-electron chi connectivity index (χ1n) is 6.79. The topological polar surface area (TPSA) is 42.0 Å². The minimum absolute atomic E-state index is 0.146. The molecule has 0 aliphatic heterocycles. The average molecular weight is 274 g/mol. The van der Waals surface area contributed by atoms with E-state index < -0.39 is 0 Å². The van der Waals surface area contributed by atoms with Gasteiger partial charge in [0.2, 0.25) is 5.91 Å². The maximum atomic E-state index is 12.5. The van der Waals surface area contributed by atoms with Crippen LogP contribution in [-0.2, 0) is 4.79 Å². The summed E-state index contributed by atoms with van der Waals surface area (Å²) in [5.41, 5.74) is 0.785. The van der Waals surface area contributed by atoms with Crippen LogP contribution in [0.3, 0.4) is 0 Å². The standard InChI is InChI=1S/C15H18N2OS/c1-10(2)15(8-5-9-15)13(18)17-14-16-11-6-3-4-7-12(11)19-14/h3-4,6-7,10H,5,8-9H2,1-2H3,(H,16,17,18). The maximum Gasteiger partial charge on any atom is 0.232 e. The van der Waals surface area contributed by atoms with Crippen molar-refractivity contribution in [1.82, 2.24) is 4.98 Å². The molecule has 0 saturated heterocycles. The Hall–Kier alpha value is -1.42. The van der Waals surface area contributed by atoms with E-state index in [0.29, 0.717) is 5.92 Å². The number of rotatable bonds is 3. The van der Waals surface area contributed by atoms with E-state index in [4.69, 9.17) is 0 Å². The summed E-state index contributed by atoms with van der Waals surface area (Å²) in [5.74, 6) is 0.531. The van der Waals surface area contributed by atoms with Crippen molar-refractivity contribution in [1.29, 1.82) is 0 Å². The molecule has 1 saturated carbocycles. The van der Waals surface area contributed by atoms with E-state index in [1.807, 2.05) is 24.3 Å². The Morgan fingerprint density at radius 2 is 2.11 bits per heavy atom. The third kappa shape index (κ3) is 2.04. The zero-order valence-corrected chi connectivity index (χ0v) is 12.1. The van der Waals surface area contributed by atoms with Crippen LogP contribution in [0.1, 0.15) is 33.1 Å². The molecule has 19 heavy (non-hydrogen) atoms. The van der Waals surface area contributed by atoms with Crippen molar-refractivity contribution in [3.63, 3.8) is 0 Å². The molecule has 1 amide bonds. The van der Waals surface area contributed by atoms with Gasteiger partial charge in [0.25, 0.3) is 0 Å². The Balaban J connectivity index is 1.82. The molecule has 1 heterocycles.